The Bertz CT molecular complexity index is 669. The Kier molecular flexibility index (Phi) is 32.1. The molecule has 0 spiro atoms. The number of phosphoric ester groups is 1. The molecule has 9 heteroatoms. The molecule has 44 heavy (non-hydrogen) atoms. The van der Waals surface area contributed by atoms with Gasteiger partial charge in [-0.2, -0.15) is 0 Å². The fourth-order valence-corrected chi connectivity index (χ4v) is 6.37. The van der Waals surface area contributed by atoms with Gasteiger partial charge in [-0.05, 0) is 12.8 Å². The number of nitrogens with two attached hydrogens (primary N) is 1. The SMILES string of the molecule is CCCCCCCCCCCCCCCCC(O)C(COP(=O)(O)OCCN)NC(=O)CCCCCCCCCCCCC. The molecule has 3 unspecified atom stereocenters. The highest BCUT2D eigenvalue weighted by atomic mass is 31.2. The highest BCUT2D eigenvalue weighted by Gasteiger charge is 2.27. The summed E-state index contributed by atoms with van der Waals surface area (Å²) in [6.07, 6.45) is 31.0. The standard InChI is InChI=1S/C35H73N2O6P/c1-3-5-7-9-11-13-15-16-17-19-20-22-24-26-28-34(38)33(32-43-44(40,41)42-31-30-36)37-35(39)29-27-25-23-21-18-14-12-10-8-6-4-2/h33-34,38H,3-32,36H2,1-2H3,(H,37,39)(H,40,41). The van der Waals surface area contributed by atoms with Crippen LogP contribution in [0.3, 0.4) is 0 Å². The summed E-state index contributed by atoms with van der Waals surface area (Å²) in [6, 6.07) is -0.765. The number of nitrogens with one attached hydrogen (secondary N) is 1. The summed E-state index contributed by atoms with van der Waals surface area (Å²) in [5.41, 5.74) is 5.35. The van der Waals surface area contributed by atoms with Crippen LogP contribution in [-0.2, 0) is 18.4 Å². The van der Waals surface area contributed by atoms with E-state index in [-0.39, 0.29) is 25.7 Å². The van der Waals surface area contributed by atoms with Crippen LogP contribution in [0.4, 0.5) is 0 Å². The van der Waals surface area contributed by atoms with Crippen LogP contribution in [0.2, 0.25) is 0 Å². The van der Waals surface area contributed by atoms with Crippen LogP contribution in [0.5, 0.6) is 0 Å². The highest BCUT2D eigenvalue weighted by Crippen LogP contribution is 2.43. The van der Waals surface area contributed by atoms with Gasteiger partial charge < -0.3 is 21.1 Å². The Morgan fingerprint density at radius 3 is 1.45 bits per heavy atom. The van der Waals surface area contributed by atoms with Gasteiger partial charge in [0.15, 0.2) is 0 Å². The Labute approximate surface area is 272 Å². The molecule has 0 radical (unpaired) electrons. The van der Waals surface area contributed by atoms with Crippen molar-refractivity contribution in [2.75, 3.05) is 19.8 Å². The zero-order valence-corrected chi connectivity index (χ0v) is 29.8. The van der Waals surface area contributed by atoms with Gasteiger partial charge in [0.2, 0.25) is 5.91 Å². The zero-order valence-electron chi connectivity index (χ0n) is 28.9. The summed E-state index contributed by atoms with van der Waals surface area (Å²) in [5, 5.41) is 13.7. The van der Waals surface area contributed by atoms with Crippen molar-refractivity contribution in [3.63, 3.8) is 0 Å². The second-order valence-corrected chi connectivity index (χ2v) is 14.3. The second-order valence-electron chi connectivity index (χ2n) is 12.8. The van der Waals surface area contributed by atoms with E-state index in [9.17, 15) is 19.4 Å². The van der Waals surface area contributed by atoms with Gasteiger partial charge in [0.05, 0.1) is 25.4 Å². The number of phosphoric acid groups is 1. The first-order chi connectivity index (χ1) is 21.4. The molecule has 5 N–H and O–H groups in total. The number of aliphatic hydroxyl groups is 1. The number of amides is 1. The van der Waals surface area contributed by atoms with Crippen molar-refractivity contribution in [1.82, 2.24) is 5.32 Å². The fraction of sp³-hybridized carbons (Fsp3) is 0.971. The molecule has 0 aliphatic rings. The third-order valence-electron chi connectivity index (χ3n) is 8.46. The van der Waals surface area contributed by atoms with Gasteiger partial charge in [-0.1, -0.05) is 168 Å². The van der Waals surface area contributed by atoms with Gasteiger partial charge in [0.25, 0.3) is 0 Å². The minimum Gasteiger partial charge on any atom is -0.391 e. The summed E-state index contributed by atoms with van der Waals surface area (Å²) in [6.45, 7) is 4.20. The molecule has 8 nitrogen and oxygen atoms in total. The molecule has 1 amide bonds. The Morgan fingerprint density at radius 1 is 0.659 bits per heavy atom. The molecule has 0 aromatic carbocycles. The number of aliphatic hydroxyl groups excluding tert-OH is 1. The van der Waals surface area contributed by atoms with E-state index in [1.165, 1.54) is 122 Å². The van der Waals surface area contributed by atoms with Crippen molar-refractivity contribution in [2.24, 2.45) is 5.73 Å². The molecule has 0 aromatic rings. The van der Waals surface area contributed by atoms with Crippen LogP contribution >= 0.6 is 7.82 Å². The molecule has 0 saturated carbocycles. The quantitative estimate of drug-likeness (QED) is 0.0398. The number of unbranched alkanes of at least 4 members (excludes halogenated alkanes) is 23. The lowest BCUT2D eigenvalue weighted by Gasteiger charge is -2.25. The zero-order chi connectivity index (χ0) is 32.6. The van der Waals surface area contributed by atoms with Crippen LogP contribution in [0.15, 0.2) is 0 Å². The summed E-state index contributed by atoms with van der Waals surface area (Å²) in [4.78, 5) is 22.6. The van der Waals surface area contributed by atoms with E-state index in [0.717, 1.165) is 38.5 Å². The van der Waals surface area contributed by atoms with E-state index in [2.05, 4.69) is 19.2 Å². The number of carbonyl (C=O) groups excluding carboxylic acids is 1. The van der Waals surface area contributed by atoms with E-state index in [4.69, 9.17) is 14.8 Å². The second kappa shape index (κ2) is 32.4. The molecular weight excluding hydrogens is 575 g/mol. The first kappa shape index (κ1) is 43.5. The maximum Gasteiger partial charge on any atom is 0.472 e. The van der Waals surface area contributed by atoms with Crippen molar-refractivity contribution < 1.29 is 28.4 Å². The molecule has 0 saturated heterocycles. The van der Waals surface area contributed by atoms with Crippen LogP contribution in [0, 0.1) is 0 Å². The van der Waals surface area contributed by atoms with E-state index < -0.39 is 20.0 Å². The molecule has 0 aliphatic carbocycles. The molecule has 264 valence electrons. The molecule has 0 aliphatic heterocycles. The van der Waals surface area contributed by atoms with Gasteiger partial charge in [0.1, 0.15) is 0 Å². The van der Waals surface area contributed by atoms with Crippen LogP contribution in [-0.4, -0.2) is 47.8 Å². The van der Waals surface area contributed by atoms with Crippen LogP contribution in [0.1, 0.15) is 187 Å². The summed E-state index contributed by atoms with van der Waals surface area (Å²) < 4.78 is 22.1. The topological polar surface area (TPSA) is 131 Å². The molecule has 3 atom stereocenters. The fourth-order valence-electron chi connectivity index (χ4n) is 5.61. The summed E-state index contributed by atoms with van der Waals surface area (Å²) >= 11 is 0. The van der Waals surface area contributed by atoms with Gasteiger partial charge >= 0.3 is 7.82 Å². The maximum atomic E-state index is 12.7. The van der Waals surface area contributed by atoms with Gasteiger partial charge in [-0.3, -0.25) is 13.8 Å². The highest BCUT2D eigenvalue weighted by molar-refractivity contribution is 7.47. The molecule has 0 bridgehead atoms. The Balaban J connectivity index is 4.24. The number of hydrogen-bond acceptors (Lipinski definition) is 6. The molecule has 0 rings (SSSR count). The van der Waals surface area contributed by atoms with Crippen molar-refractivity contribution in [2.45, 2.75) is 199 Å². The number of hydrogen-bond donors (Lipinski definition) is 4. The average Bonchev–Trinajstić information content (AvgIpc) is 3.01. The minimum atomic E-state index is -4.30. The lowest BCUT2D eigenvalue weighted by Crippen LogP contribution is -2.46. The third kappa shape index (κ3) is 30.2. The minimum absolute atomic E-state index is 0.0920. The number of rotatable bonds is 35. The Morgan fingerprint density at radius 2 is 1.05 bits per heavy atom. The average molecular weight is 649 g/mol. The molecule has 0 aromatic heterocycles. The molecular formula is C35H73N2O6P. The van der Waals surface area contributed by atoms with Crippen LogP contribution < -0.4 is 11.1 Å². The van der Waals surface area contributed by atoms with Crippen molar-refractivity contribution in [1.29, 1.82) is 0 Å². The van der Waals surface area contributed by atoms with Gasteiger partial charge in [-0.15, -0.1) is 0 Å². The first-order valence-electron chi connectivity index (χ1n) is 18.7. The normalized spacial score (nSPS) is 14.4. The predicted octanol–water partition coefficient (Wildman–Crippen LogP) is 9.50. The largest absolute Gasteiger partial charge is 0.472 e. The van der Waals surface area contributed by atoms with E-state index in [0.29, 0.717) is 12.8 Å². The van der Waals surface area contributed by atoms with Crippen LogP contribution in [0.25, 0.3) is 0 Å². The summed E-state index contributed by atoms with van der Waals surface area (Å²) in [7, 11) is -4.30. The van der Waals surface area contributed by atoms with Gasteiger partial charge in [0, 0.05) is 13.0 Å². The van der Waals surface area contributed by atoms with Crippen molar-refractivity contribution >= 4 is 13.7 Å². The van der Waals surface area contributed by atoms with E-state index in [1.54, 1.807) is 0 Å². The maximum absolute atomic E-state index is 12.7. The molecule has 0 heterocycles. The monoisotopic (exact) mass is 649 g/mol. The third-order valence-corrected chi connectivity index (χ3v) is 9.45. The van der Waals surface area contributed by atoms with E-state index in [1.807, 2.05) is 0 Å². The summed E-state index contributed by atoms with van der Waals surface area (Å²) in [5.74, 6) is -0.162. The predicted molar refractivity (Wildman–Crippen MR) is 185 cm³/mol. The Hall–Kier alpha value is -0.500. The van der Waals surface area contributed by atoms with Crippen molar-refractivity contribution in [3.8, 4) is 0 Å². The lowest BCUT2D eigenvalue weighted by atomic mass is 10.0. The number of carbonyl (C=O) groups is 1. The first-order valence-corrected chi connectivity index (χ1v) is 20.1. The van der Waals surface area contributed by atoms with Crippen molar-refractivity contribution in [3.05, 3.63) is 0 Å². The smallest absolute Gasteiger partial charge is 0.391 e. The van der Waals surface area contributed by atoms with E-state index >= 15 is 0 Å². The van der Waals surface area contributed by atoms with Gasteiger partial charge in [-0.25, -0.2) is 4.57 Å². The molecule has 0 fully saturated rings. The lowest BCUT2D eigenvalue weighted by molar-refractivity contribution is -0.123.